The van der Waals surface area contributed by atoms with Crippen LogP contribution < -0.4 is 5.32 Å². The third-order valence-corrected chi connectivity index (χ3v) is 3.02. The fourth-order valence-corrected chi connectivity index (χ4v) is 1.97. The van der Waals surface area contributed by atoms with Crippen LogP contribution in [0.15, 0.2) is 41.0 Å². The van der Waals surface area contributed by atoms with E-state index >= 15 is 0 Å². The van der Waals surface area contributed by atoms with Gasteiger partial charge in [0.1, 0.15) is 11.6 Å². The Morgan fingerprint density at radius 3 is 2.90 bits per heavy atom. The van der Waals surface area contributed by atoms with Gasteiger partial charge in [0.15, 0.2) is 0 Å². The zero-order valence-corrected chi connectivity index (χ0v) is 11.1. The Kier molecular flexibility index (Phi) is 4.40. The second-order valence-electron chi connectivity index (χ2n) is 4.66. The van der Waals surface area contributed by atoms with E-state index in [4.69, 9.17) is 9.52 Å². The van der Waals surface area contributed by atoms with Crippen LogP contribution in [0.1, 0.15) is 29.5 Å². The molecule has 0 radical (unpaired) electrons. The molecule has 1 aromatic heterocycles. The summed E-state index contributed by atoms with van der Waals surface area (Å²) in [5.41, 5.74) is 0.362. The van der Waals surface area contributed by atoms with Gasteiger partial charge in [-0.1, -0.05) is 0 Å². The lowest BCUT2D eigenvalue weighted by molar-refractivity contribution is 0.0697. The average molecular weight is 277 g/mol. The zero-order chi connectivity index (χ0) is 14.5. The van der Waals surface area contributed by atoms with Gasteiger partial charge >= 0.3 is 5.97 Å². The van der Waals surface area contributed by atoms with Crippen LogP contribution in [-0.4, -0.2) is 17.1 Å². The van der Waals surface area contributed by atoms with Gasteiger partial charge in [-0.25, -0.2) is 9.18 Å². The molecule has 0 saturated carbocycles. The molecule has 0 amide bonds. The minimum absolute atomic E-state index is 0.0451. The standard InChI is InChI=1S/C15H16FNO3/c1-10(4-6-12-3-2-8-20-12)17-14-7-5-11(16)9-13(14)15(18)19/h2-3,5,7-10,17H,4,6H2,1H3,(H,18,19). The van der Waals surface area contributed by atoms with Crippen molar-refractivity contribution in [2.75, 3.05) is 5.32 Å². The molecule has 4 nitrogen and oxygen atoms in total. The van der Waals surface area contributed by atoms with Crippen LogP contribution in [0.4, 0.5) is 10.1 Å². The van der Waals surface area contributed by atoms with Crippen molar-refractivity contribution < 1.29 is 18.7 Å². The van der Waals surface area contributed by atoms with Crippen molar-refractivity contribution in [3.05, 3.63) is 53.7 Å². The van der Waals surface area contributed by atoms with Gasteiger partial charge in [-0.15, -0.1) is 0 Å². The van der Waals surface area contributed by atoms with Crippen molar-refractivity contribution >= 4 is 11.7 Å². The lowest BCUT2D eigenvalue weighted by Crippen LogP contribution is -2.18. The van der Waals surface area contributed by atoms with Crippen LogP contribution >= 0.6 is 0 Å². The molecule has 0 spiro atoms. The Bertz CT molecular complexity index is 581. The highest BCUT2D eigenvalue weighted by Crippen LogP contribution is 2.19. The molecule has 106 valence electrons. The summed E-state index contributed by atoms with van der Waals surface area (Å²) in [4.78, 5) is 11.1. The number of hydrogen-bond acceptors (Lipinski definition) is 3. The molecule has 0 aliphatic carbocycles. The molecule has 0 aliphatic heterocycles. The largest absolute Gasteiger partial charge is 0.478 e. The first-order valence-electron chi connectivity index (χ1n) is 6.38. The second-order valence-corrected chi connectivity index (χ2v) is 4.66. The van der Waals surface area contributed by atoms with E-state index in [-0.39, 0.29) is 11.6 Å². The third kappa shape index (κ3) is 3.60. The molecule has 1 atom stereocenters. The Morgan fingerprint density at radius 2 is 2.25 bits per heavy atom. The highest BCUT2D eigenvalue weighted by molar-refractivity contribution is 5.94. The van der Waals surface area contributed by atoms with E-state index in [2.05, 4.69) is 5.32 Å². The Morgan fingerprint density at radius 1 is 1.45 bits per heavy atom. The quantitative estimate of drug-likeness (QED) is 0.847. The van der Waals surface area contributed by atoms with Crippen LogP contribution in [0.3, 0.4) is 0 Å². The van der Waals surface area contributed by atoms with Gasteiger partial charge in [0.05, 0.1) is 11.8 Å². The van der Waals surface area contributed by atoms with Crippen LogP contribution in [0, 0.1) is 5.82 Å². The first-order valence-corrected chi connectivity index (χ1v) is 6.38. The van der Waals surface area contributed by atoms with Gasteiger partial charge in [0, 0.05) is 18.2 Å². The van der Waals surface area contributed by atoms with Crippen molar-refractivity contribution in [2.24, 2.45) is 0 Å². The zero-order valence-electron chi connectivity index (χ0n) is 11.1. The van der Waals surface area contributed by atoms with Crippen LogP contribution in [0.5, 0.6) is 0 Å². The summed E-state index contributed by atoms with van der Waals surface area (Å²) in [6, 6.07) is 7.48. The molecule has 0 aliphatic rings. The van der Waals surface area contributed by atoms with Crippen molar-refractivity contribution in [3.63, 3.8) is 0 Å². The predicted octanol–water partition coefficient (Wildman–Crippen LogP) is 3.55. The molecular formula is C15H16FNO3. The second kappa shape index (κ2) is 6.23. The van der Waals surface area contributed by atoms with Gasteiger partial charge in [-0.3, -0.25) is 0 Å². The summed E-state index contributed by atoms with van der Waals surface area (Å²) in [5.74, 6) is -0.822. The Labute approximate surface area is 116 Å². The maximum absolute atomic E-state index is 13.1. The van der Waals surface area contributed by atoms with E-state index in [1.54, 1.807) is 6.26 Å². The van der Waals surface area contributed by atoms with E-state index in [9.17, 15) is 9.18 Å². The molecule has 1 heterocycles. The van der Waals surface area contributed by atoms with Crippen molar-refractivity contribution in [1.82, 2.24) is 0 Å². The fraction of sp³-hybridized carbons (Fsp3) is 0.267. The molecule has 0 bridgehead atoms. The first-order chi connectivity index (χ1) is 9.56. The van der Waals surface area contributed by atoms with E-state index in [1.165, 1.54) is 12.1 Å². The number of rotatable bonds is 6. The number of benzene rings is 1. The smallest absolute Gasteiger partial charge is 0.337 e. The summed E-state index contributed by atoms with van der Waals surface area (Å²) in [5, 5.41) is 12.2. The van der Waals surface area contributed by atoms with E-state index in [0.29, 0.717) is 5.69 Å². The van der Waals surface area contributed by atoms with Gasteiger partial charge in [0.2, 0.25) is 0 Å². The Hall–Kier alpha value is -2.30. The van der Waals surface area contributed by atoms with Gasteiger partial charge in [-0.2, -0.15) is 0 Å². The predicted molar refractivity (Wildman–Crippen MR) is 73.5 cm³/mol. The third-order valence-electron chi connectivity index (χ3n) is 3.02. The number of halogens is 1. The molecule has 20 heavy (non-hydrogen) atoms. The number of carboxylic acid groups (broad SMARTS) is 1. The fourth-order valence-electron chi connectivity index (χ4n) is 1.97. The normalized spacial score (nSPS) is 12.1. The van der Waals surface area contributed by atoms with Crippen molar-refractivity contribution in [1.29, 1.82) is 0 Å². The number of aryl methyl sites for hydroxylation is 1. The SMILES string of the molecule is CC(CCc1ccco1)Nc1ccc(F)cc1C(=O)O. The number of anilines is 1. The van der Waals surface area contributed by atoms with E-state index < -0.39 is 11.8 Å². The number of carboxylic acids is 1. The summed E-state index contributed by atoms with van der Waals surface area (Å²) >= 11 is 0. The maximum atomic E-state index is 13.1. The summed E-state index contributed by atoms with van der Waals surface area (Å²) in [6.07, 6.45) is 3.16. The molecule has 2 aromatic rings. The molecule has 1 unspecified atom stereocenters. The van der Waals surface area contributed by atoms with Gasteiger partial charge < -0.3 is 14.8 Å². The first kappa shape index (κ1) is 14.1. The molecule has 1 aromatic carbocycles. The minimum Gasteiger partial charge on any atom is -0.478 e. The monoisotopic (exact) mass is 277 g/mol. The van der Waals surface area contributed by atoms with Crippen LogP contribution in [-0.2, 0) is 6.42 Å². The highest BCUT2D eigenvalue weighted by atomic mass is 19.1. The van der Waals surface area contributed by atoms with Crippen molar-refractivity contribution in [2.45, 2.75) is 25.8 Å². The maximum Gasteiger partial charge on any atom is 0.337 e. The van der Waals surface area contributed by atoms with E-state index in [0.717, 1.165) is 24.7 Å². The minimum atomic E-state index is -1.15. The molecule has 5 heteroatoms. The van der Waals surface area contributed by atoms with Crippen LogP contribution in [0.25, 0.3) is 0 Å². The summed E-state index contributed by atoms with van der Waals surface area (Å²) in [7, 11) is 0. The summed E-state index contributed by atoms with van der Waals surface area (Å²) in [6.45, 7) is 1.94. The molecular weight excluding hydrogens is 261 g/mol. The average Bonchev–Trinajstić information content (AvgIpc) is 2.91. The Balaban J connectivity index is 2.00. The molecule has 0 fully saturated rings. The lowest BCUT2D eigenvalue weighted by Gasteiger charge is -2.16. The van der Waals surface area contributed by atoms with Crippen LogP contribution in [0.2, 0.25) is 0 Å². The molecule has 2 N–H and O–H groups in total. The summed E-state index contributed by atoms with van der Waals surface area (Å²) < 4.78 is 18.3. The van der Waals surface area contributed by atoms with Gasteiger partial charge in [-0.05, 0) is 43.7 Å². The number of carbonyl (C=O) groups is 1. The van der Waals surface area contributed by atoms with E-state index in [1.807, 2.05) is 19.1 Å². The van der Waals surface area contributed by atoms with Crippen molar-refractivity contribution in [3.8, 4) is 0 Å². The number of hydrogen-bond donors (Lipinski definition) is 2. The highest BCUT2D eigenvalue weighted by Gasteiger charge is 2.13. The lowest BCUT2D eigenvalue weighted by atomic mass is 10.1. The molecule has 0 saturated heterocycles. The molecule has 2 rings (SSSR count). The number of furan rings is 1. The number of nitrogens with one attached hydrogen (secondary N) is 1. The number of aromatic carboxylic acids is 1. The topological polar surface area (TPSA) is 62.5 Å². The van der Waals surface area contributed by atoms with Gasteiger partial charge in [0.25, 0.3) is 0 Å².